The highest BCUT2D eigenvalue weighted by atomic mass is 32.1. The molecule has 28 heavy (non-hydrogen) atoms. The number of carbonyl (C=O) groups excluding carboxylic acids is 1. The highest BCUT2D eigenvalue weighted by molar-refractivity contribution is 7.73. The number of hydrogen-bond acceptors (Lipinski definition) is 5. The summed E-state index contributed by atoms with van der Waals surface area (Å²) >= 11 is 6.58. The summed E-state index contributed by atoms with van der Waals surface area (Å²) in [7, 11) is 0. The molecule has 2 heterocycles. The summed E-state index contributed by atoms with van der Waals surface area (Å²) in [4.78, 5) is 29.9. The molecule has 0 fully saturated rings. The highest BCUT2D eigenvalue weighted by Gasteiger charge is 2.16. The Morgan fingerprint density at radius 2 is 2.00 bits per heavy atom. The van der Waals surface area contributed by atoms with Gasteiger partial charge in [0.2, 0.25) is 5.91 Å². The van der Waals surface area contributed by atoms with E-state index in [1.165, 1.54) is 21.5 Å². The summed E-state index contributed by atoms with van der Waals surface area (Å²) in [5, 5.41) is 2.98. The van der Waals surface area contributed by atoms with E-state index in [9.17, 15) is 9.59 Å². The molecule has 3 aromatic rings. The third-order valence-corrected chi connectivity index (χ3v) is 6.13. The van der Waals surface area contributed by atoms with E-state index in [-0.39, 0.29) is 24.1 Å². The van der Waals surface area contributed by atoms with Crippen molar-refractivity contribution in [3.05, 3.63) is 56.0 Å². The van der Waals surface area contributed by atoms with Crippen LogP contribution in [0.1, 0.15) is 31.7 Å². The van der Waals surface area contributed by atoms with Gasteiger partial charge in [-0.2, -0.15) is 0 Å². The van der Waals surface area contributed by atoms with Gasteiger partial charge in [-0.3, -0.25) is 14.2 Å². The molecule has 0 saturated carbocycles. The van der Waals surface area contributed by atoms with Gasteiger partial charge in [0.25, 0.3) is 5.56 Å². The predicted octanol–water partition coefficient (Wildman–Crippen LogP) is 3.45. The summed E-state index contributed by atoms with van der Waals surface area (Å²) in [6.45, 7) is 6.31. The lowest BCUT2D eigenvalue weighted by atomic mass is 10.1. The molecule has 1 amide bonds. The Morgan fingerprint density at radius 3 is 2.68 bits per heavy atom. The molecule has 0 aliphatic rings. The molecule has 1 N–H and O–H groups in total. The number of hydrogen-bond donors (Lipinski definition) is 1. The average Bonchev–Trinajstić information content (AvgIpc) is 2.99. The van der Waals surface area contributed by atoms with E-state index >= 15 is 0 Å². The number of aryl methyl sites for hydroxylation is 3. The van der Waals surface area contributed by atoms with Crippen LogP contribution in [0.5, 0.6) is 0 Å². The van der Waals surface area contributed by atoms with Crippen molar-refractivity contribution in [3.63, 3.8) is 0 Å². The van der Waals surface area contributed by atoms with Crippen molar-refractivity contribution >= 4 is 39.8 Å². The fourth-order valence-corrected chi connectivity index (χ4v) is 4.57. The van der Waals surface area contributed by atoms with Crippen LogP contribution < -0.4 is 10.9 Å². The van der Waals surface area contributed by atoms with E-state index in [4.69, 9.17) is 12.2 Å². The normalized spacial score (nSPS) is 12.2. The summed E-state index contributed by atoms with van der Waals surface area (Å²) < 4.78 is 4.40. The van der Waals surface area contributed by atoms with Gasteiger partial charge in [-0.25, -0.2) is 4.98 Å². The van der Waals surface area contributed by atoms with Crippen LogP contribution in [0.2, 0.25) is 0 Å². The summed E-state index contributed by atoms with van der Waals surface area (Å²) in [5.41, 5.74) is 1.64. The van der Waals surface area contributed by atoms with Crippen molar-refractivity contribution in [3.8, 4) is 0 Å². The largest absolute Gasteiger partial charge is 0.352 e. The van der Waals surface area contributed by atoms with Gasteiger partial charge in [0, 0.05) is 12.6 Å². The minimum Gasteiger partial charge on any atom is -0.352 e. The van der Waals surface area contributed by atoms with Crippen molar-refractivity contribution < 1.29 is 4.79 Å². The quantitative estimate of drug-likeness (QED) is 0.599. The van der Waals surface area contributed by atoms with Crippen LogP contribution in [-0.4, -0.2) is 26.1 Å². The second-order valence-electron chi connectivity index (χ2n) is 6.81. The Kier molecular flexibility index (Phi) is 6.41. The predicted molar refractivity (Wildman–Crippen MR) is 115 cm³/mol. The Bertz CT molecular complexity index is 1100. The SMILES string of the molecule is CCn1c(=S)sc2c(=O)n(CC(=O)N[C@H](C)CCc3ccccc3)c(C)nc21. The third kappa shape index (κ3) is 4.39. The van der Waals surface area contributed by atoms with Crippen LogP contribution in [-0.2, 0) is 24.3 Å². The number of benzene rings is 1. The zero-order valence-electron chi connectivity index (χ0n) is 16.3. The van der Waals surface area contributed by atoms with Crippen LogP contribution in [0, 0.1) is 10.9 Å². The molecule has 1 atom stereocenters. The lowest BCUT2D eigenvalue weighted by Crippen LogP contribution is -2.38. The zero-order valence-corrected chi connectivity index (χ0v) is 17.9. The molecule has 0 saturated heterocycles. The van der Waals surface area contributed by atoms with Gasteiger partial charge in [0.05, 0.1) is 0 Å². The average molecular weight is 417 g/mol. The lowest BCUT2D eigenvalue weighted by Gasteiger charge is -2.15. The van der Waals surface area contributed by atoms with Crippen LogP contribution in [0.15, 0.2) is 35.1 Å². The first-order valence-corrected chi connectivity index (χ1v) is 10.6. The van der Waals surface area contributed by atoms with E-state index in [0.717, 1.165) is 12.8 Å². The summed E-state index contributed by atoms with van der Waals surface area (Å²) in [6, 6.07) is 10.2. The number of nitrogens with zero attached hydrogens (tertiary/aromatic N) is 3. The van der Waals surface area contributed by atoms with E-state index in [2.05, 4.69) is 22.4 Å². The maximum absolute atomic E-state index is 12.9. The Hall–Kier alpha value is -2.32. The highest BCUT2D eigenvalue weighted by Crippen LogP contribution is 2.18. The number of carbonyl (C=O) groups is 1. The fourth-order valence-electron chi connectivity index (χ4n) is 3.16. The van der Waals surface area contributed by atoms with Crippen LogP contribution >= 0.6 is 23.6 Å². The molecule has 0 aliphatic carbocycles. The minimum absolute atomic E-state index is 0.0173. The summed E-state index contributed by atoms with van der Waals surface area (Å²) in [5.74, 6) is 0.324. The Morgan fingerprint density at radius 1 is 1.29 bits per heavy atom. The second-order valence-corrected chi connectivity index (χ2v) is 8.45. The standard InChI is InChI=1S/C20H24N4O2S2/c1-4-23-18-17(28-20(23)27)19(26)24(14(3)22-18)12-16(25)21-13(2)10-11-15-8-6-5-7-9-15/h5-9,13H,4,10-12H2,1-3H3,(H,21,25)/t13-/m1/s1. The Balaban J connectivity index is 1.70. The lowest BCUT2D eigenvalue weighted by molar-refractivity contribution is -0.122. The zero-order chi connectivity index (χ0) is 20.3. The molecule has 6 nitrogen and oxygen atoms in total. The fraction of sp³-hybridized carbons (Fsp3) is 0.400. The summed E-state index contributed by atoms with van der Waals surface area (Å²) in [6.07, 6.45) is 1.73. The van der Waals surface area contributed by atoms with Crippen LogP contribution in [0.3, 0.4) is 0 Å². The van der Waals surface area contributed by atoms with E-state index in [1.54, 1.807) is 6.92 Å². The van der Waals surface area contributed by atoms with Crippen molar-refractivity contribution in [2.75, 3.05) is 0 Å². The van der Waals surface area contributed by atoms with Gasteiger partial charge in [-0.05, 0) is 51.4 Å². The molecule has 0 bridgehead atoms. The molecular weight excluding hydrogens is 392 g/mol. The number of rotatable bonds is 7. The van der Waals surface area contributed by atoms with Crippen molar-refractivity contribution in [1.29, 1.82) is 0 Å². The van der Waals surface area contributed by atoms with E-state index in [1.807, 2.05) is 36.6 Å². The molecule has 3 rings (SSSR count). The van der Waals surface area contributed by atoms with Gasteiger partial charge in [0.1, 0.15) is 17.1 Å². The monoisotopic (exact) mass is 416 g/mol. The van der Waals surface area contributed by atoms with Gasteiger partial charge < -0.3 is 9.88 Å². The number of fused-ring (bicyclic) bond motifs is 1. The molecule has 1 aromatic carbocycles. The first kappa shape index (κ1) is 20.4. The molecule has 0 unspecified atom stereocenters. The van der Waals surface area contributed by atoms with Gasteiger partial charge in [0.15, 0.2) is 9.60 Å². The third-order valence-electron chi connectivity index (χ3n) is 4.70. The first-order valence-electron chi connectivity index (χ1n) is 9.34. The van der Waals surface area contributed by atoms with Crippen LogP contribution in [0.4, 0.5) is 0 Å². The van der Waals surface area contributed by atoms with Crippen molar-refractivity contribution in [2.45, 2.75) is 52.7 Å². The molecule has 0 aliphatic heterocycles. The van der Waals surface area contributed by atoms with Crippen LogP contribution in [0.25, 0.3) is 10.3 Å². The smallest absolute Gasteiger partial charge is 0.273 e. The maximum Gasteiger partial charge on any atom is 0.273 e. The molecule has 2 aromatic heterocycles. The van der Waals surface area contributed by atoms with Gasteiger partial charge >= 0.3 is 0 Å². The van der Waals surface area contributed by atoms with Crippen molar-refractivity contribution in [2.24, 2.45) is 0 Å². The van der Waals surface area contributed by atoms with E-state index < -0.39 is 0 Å². The molecule has 8 heteroatoms. The molecule has 148 valence electrons. The van der Waals surface area contributed by atoms with Gasteiger partial charge in [-0.1, -0.05) is 41.7 Å². The molecule has 0 radical (unpaired) electrons. The maximum atomic E-state index is 12.9. The molecular formula is C20H24N4O2S2. The molecule has 0 spiro atoms. The number of amides is 1. The second kappa shape index (κ2) is 8.79. The number of nitrogens with one attached hydrogen (secondary N) is 1. The number of aromatic nitrogens is 3. The number of thiazole rings is 1. The topological polar surface area (TPSA) is 68.9 Å². The first-order chi connectivity index (χ1) is 13.4. The van der Waals surface area contributed by atoms with Crippen molar-refractivity contribution in [1.82, 2.24) is 19.4 Å². The van der Waals surface area contributed by atoms with E-state index in [0.29, 0.717) is 26.7 Å². The van der Waals surface area contributed by atoms with Gasteiger partial charge in [-0.15, -0.1) is 0 Å². The minimum atomic E-state index is -0.210. The Labute approximate surface area is 172 Å².